The van der Waals surface area contributed by atoms with Gasteiger partial charge >= 0.3 is 5.97 Å². The first kappa shape index (κ1) is 24.4. The number of rotatable bonds is 13. The summed E-state index contributed by atoms with van der Waals surface area (Å²) in [6.45, 7) is 2.37. The van der Waals surface area contributed by atoms with Crippen LogP contribution in [0.1, 0.15) is 45.4 Å². The van der Waals surface area contributed by atoms with E-state index >= 15 is 0 Å². The quantitative estimate of drug-likeness (QED) is 0.182. The van der Waals surface area contributed by atoms with Crippen molar-refractivity contribution in [1.82, 2.24) is 0 Å². The van der Waals surface area contributed by atoms with Gasteiger partial charge in [0.25, 0.3) is 0 Å². The molecule has 0 fully saturated rings. The van der Waals surface area contributed by atoms with Gasteiger partial charge in [-0.3, -0.25) is 0 Å². The first-order valence-corrected chi connectivity index (χ1v) is 12.2. The fourth-order valence-corrected chi connectivity index (χ4v) is 4.23. The van der Waals surface area contributed by atoms with Crippen LogP contribution in [-0.2, 0) is 19.4 Å². The van der Waals surface area contributed by atoms with Crippen LogP contribution in [0.5, 0.6) is 0 Å². The van der Waals surface area contributed by atoms with Gasteiger partial charge in [0.1, 0.15) is 0 Å². The van der Waals surface area contributed by atoms with Crippen molar-refractivity contribution in [3.8, 4) is 0 Å². The molecule has 1 N–H and O–H groups in total. The highest BCUT2D eigenvalue weighted by Crippen LogP contribution is 2.21. The second-order valence-corrected chi connectivity index (χ2v) is 9.04. The molecule has 0 amide bonds. The van der Waals surface area contributed by atoms with E-state index in [-0.39, 0.29) is 16.4 Å². The Balaban J connectivity index is 2.07. The van der Waals surface area contributed by atoms with Gasteiger partial charge in [-0.2, -0.15) is 0 Å². The van der Waals surface area contributed by atoms with Crippen molar-refractivity contribution in [2.45, 2.75) is 50.3 Å². The van der Waals surface area contributed by atoms with E-state index in [1.54, 1.807) is 24.4 Å². The van der Waals surface area contributed by atoms with Gasteiger partial charge in [0.2, 0.25) is 9.84 Å². The van der Waals surface area contributed by atoms with Crippen LogP contribution in [-0.4, -0.2) is 21.0 Å². The number of nitrogens with one attached hydrogen (secondary N) is 1. The molecule has 0 saturated heterocycles. The SMILES string of the molecule is CCCCCCCCOC(=O)/C(=C\C=C\Nc1ccccc1)S(=O)(=O)c1ccccc1. The number of sulfone groups is 1. The minimum atomic E-state index is -3.99. The normalized spacial score (nSPS) is 12.1. The van der Waals surface area contributed by atoms with Gasteiger partial charge in [-0.1, -0.05) is 75.4 Å². The number of carbonyl (C=O) groups excluding carboxylic acids is 1. The molecule has 0 heterocycles. The highest BCUT2D eigenvalue weighted by Gasteiger charge is 2.27. The van der Waals surface area contributed by atoms with Crippen molar-refractivity contribution in [1.29, 1.82) is 0 Å². The van der Waals surface area contributed by atoms with Crippen LogP contribution in [0.25, 0.3) is 0 Å². The Morgan fingerprint density at radius 1 is 0.903 bits per heavy atom. The predicted octanol–water partition coefficient (Wildman–Crippen LogP) is 5.87. The highest BCUT2D eigenvalue weighted by atomic mass is 32.2. The molecule has 31 heavy (non-hydrogen) atoms. The molecule has 0 aromatic heterocycles. The number of esters is 1. The molecule has 0 atom stereocenters. The first-order valence-electron chi connectivity index (χ1n) is 10.7. The molecule has 0 bridgehead atoms. The lowest BCUT2D eigenvalue weighted by Crippen LogP contribution is -2.17. The molecule has 2 aromatic carbocycles. The maximum atomic E-state index is 13.0. The lowest BCUT2D eigenvalue weighted by molar-refractivity contribution is -0.138. The van der Waals surface area contributed by atoms with Gasteiger partial charge in [-0.25, -0.2) is 13.2 Å². The van der Waals surface area contributed by atoms with E-state index in [0.29, 0.717) is 0 Å². The topological polar surface area (TPSA) is 72.5 Å². The van der Waals surface area contributed by atoms with Crippen molar-refractivity contribution in [2.75, 3.05) is 11.9 Å². The molecule has 6 heteroatoms. The summed E-state index contributed by atoms with van der Waals surface area (Å²) in [5, 5.41) is 3.03. The van der Waals surface area contributed by atoms with Crippen LogP contribution < -0.4 is 5.32 Å². The minimum Gasteiger partial charge on any atom is -0.462 e. The van der Waals surface area contributed by atoms with Gasteiger partial charge in [0, 0.05) is 11.9 Å². The van der Waals surface area contributed by atoms with Crippen LogP contribution in [0, 0.1) is 0 Å². The maximum absolute atomic E-state index is 13.0. The third-order valence-electron chi connectivity index (χ3n) is 4.64. The van der Waals surface area contributed by atoms with Crippen LogP contribution in [0.4, 0.5) is 5.69 Å². The zero-order valence-corrected chi connectivity index (χ0v) is 18.8. The summed E-state index contributed by atoms with van der Waals surface area (Å²) >= 11 is 0. The smallest absolute Gasteiger partial charge is 0.350 e. The largest absolute Gasteiger partial charge is 0.462 e. The molecule has 0 radical (unpaired) electrons. The highest BCUT2D eigenvalue weighted by molar-refractivity contribution is 7.96. The lowest BCUT2D eigenvalue weighted by Gasteiger charge is -2.09. The molecule has 0 spiro atoms. The van der Waals surface area contributed by atoms with Crippen molar-refractivity contribution in [2.24, 2.45) is 0 Å². The van der Waals surface area contributed by atoms with Gasteiger partial charge < -0.3 is 10.1 Å². The molecular formula is C25H31NO4S. The zero-order chi connectivity index (χ0) is 22.4. The Morgan fingerprint density at radius 3 is 2.19 bits per heavy atom. The second-order valence-electron chi connectivity index (χ2n) is 7.12. The average molecular weight is 442 g/mol. The molecule has 2 rings (SSSR count). The Labute approximate surface area is 185 Å². The third-order valence-corrected chi connectivity index (χ3v) is 6.42. The number of allylic oxidation sites excluding steroid dienone is 2. The minimum absolute atomic E-state index is 0.0576. The Morgan fingerprint density at radius 2 is 1.52 bits per heavy atom. The molecule has 0 saturated carbocycles. The molecule has 0 aliphatic rings. The number of benzene rings is 2. The van der Waals surface area contributed by atoms with E-state index < -0.39 is 15.8 Å². The van der Waals surface area contributed by atoms with Crippen molar-refractivity contribution in [3.05, 3.63) is 83.9 Å². The van der Waals surface area contributed by atoms with E-state index in [2.05, 4.69) is 12.2 Å². The Kier molecular flexibility index (Phi) is 10.6. The van der Waals surface area contributed by atoms with E-state index in [4.69, 9.17) is 4.74 Å². The number of ether oxygens (including phenoxy) is 1. The van der Waals surface area contributed by atoms with E-state index in [9.17, 15) is 13.2 Å². The monoisotopic (exact) mass is 441 g/mol. The summed E-state index contributed by atoms with van der Waals surface area (Å²) in [6.07, 6.45) is 10.7. The summed E-state index contributed by atoms with van der Waals surface area (Å²) in [5.41, 5.74) is 0.852. The van der Waals surface area contributed by atoms with Gasteiger partial charge in [0.05, 0.1) is 11.5 Å². The fraction of sp³-hybridized carbons (Fsp3) is 0.320. The molecule has 5 nitrogen and oxygen atoms in total. The van der Waals surface area contributed by atoms with Gasteiger partial charge in [-0.05, 0) is 42.8 Å². The predicted molar refractivity (Wildman–Crippen MR) is 125 cm³/mol. The summed E-state index contributed by atoms with van der Waals surface area (Å²) < 4.78 is 31.3. The van der Waals surface area contributed by atoms with Gasteiger partial charge in [0.15, 0.2) is 4.91 Å². The average Bonchev–Trinajstić information content (AvgIpc) is 2.79. The summed E-state index contributed by atoms with van der Waals surface area (Å²) in [4.78, 5) is 12.3. The van der Waals surface area contributed by atoms with E-state index in [1.807, 2.05) is 30.3 Å². The number of hydrogen-bond acceptors (Lipinski definition) is 5. The number of para-hydroxylation sites is 1. The lowest BCUT2D eigenvalue weighted by atomic mass is 10.1. The van der Waals surface area contributed by atoms with Crippen molar-refractivity contribution < 1.29 is 17.9 Å². The van der Waals surface area contributed by atoms with Crippen LogP contribution >= 0.6 is 0 Å². The first-order chi connectivity index (χ1) is 15.1. The summed E-state index contributed by atoms with van der Waals surface area (Å²) in [5.74, 6) is -0.832. The fourth-order valence-electron chi connectivity index (χ4n) is 2.93. The van der Waals surface area contributed by atoms with Crippen LogP contribution in [0.2, 0.25) is 0 Å². The standard InChI is InChI=1S/C25H31NO4S/c1-2-3-4-5-6-13-21-30-25(27)24(31(28,29)23-17-11-8-12-18-23)19-14-20-26-22-15-9-7-10-16-22/h7-12,14-20,26H,2-6,13,21H2,1H3/b20-14+,24-19+. The third kappa shape index (κ3) is 8.42. The molecule has 0 unspecified atom stereocenters. The number of hydrogen-bond donors (Lipinski definition) is 1. The van der Waals surface area contributed by atoms with Crippen LogP contribution in [0.15, 0.2) is 88.8 Å². The molecular weight excluding hydrogens is 410 g/mol. The Bertz CT molecular complexity index is 952. The number of carbonyl (C=O) groups is 1. The van der Waals surface area contributed by atoms with E-state index in [0.717, 1.165) is 31.4 Å². The van der Waals surface area contributed by atoms with Crippen molar-refractivity contribution in [3.63, 3.8) is 0 Å². The molecule has 0 aliphatic carbocycles. The number of unbranched alkanes of at least 4 members (excludes halogenated alkanes) is 5. The molecule has 166 valence electrons. The number of anilines is 1. The zero-order valence-electron chi connectivity index (χ0n) is 18.0. The maximum Gasteiger partial charge on any atom is 0.350 e. The summed E-state index contributed by atoms with van der Waals surface area (Å²) in [6, 6.07) is 17.3. The van der Waals surface area contributed by atoms with E-state index in [1.165, 1.54) is 37.1 Å². The summed E-state index contributed by atoms with van der Waals surface area (Å²) in [7, 11) is -3.99. The van der Waals surface area contributed by atoms with Gasteiger partial charge in [-0.15, -0.1) is 0 Å². The molecule has 0 aliphatic heterocycles. The van der Waals surface area contributed by atoms with Crippen molar-refractivity contribution >= 4 is 21.5 Å². The van der Waals surface area contributed by atoms with Crippen LogP contribution in [0.3, 0.4) is 0 Å². The second kappa shape index (κ2) is 13.4. The molecule has 2 aromatic rings. The Hall–Kier alpha value is -2.86.